The van der Waals surface area contributed by atoms with Crippen LogP contribution in [0.2, 0.25) is 0 Å². The maximum atomic E-state index is 4.76. The molecular formula is C11H19ClN2. The van der Waals surface area contributed by atoms with Crippen molar-refractivity contribution in [3.63, 3.8) is 0 Å². The molecule has 0 aliphatic carbocycles. The van der Waals surface area contributed by atoms with Crippen LogP contribution in [0.3, 0.4) is 0 Å². The Balaban J connectivity index is 0.000000500. The maximum absolute atomic E-state index is 4.76. The van der Waals surface area contributed by atoms with E-state index >= 15 is 0 Å². The smallest absolute Gasteiger partial charge is 0.0945 e. The molecule has 0 saturated carbocycles. The van der Waals surface area contributed by atoms with Gasteiger partial charge in [0.2, 0.25) is 0 Å². The molecule has 0 aliphatic heterocycles. The van der Waals surface area contributed by atoms with E-state index in [0.717, 1.165) is 6.54 Å². The predicted octanol–water partition coefficient (Wildman–Crippen LogP) is 3.83. The number of hydrogen-bond donors (Lipinski definition) is 0. The number of aromatic nitrogens is 2. The first kappa shape index (κ1) is 13.2. The van der Waals surface area contributed by atoms with Crippen LogP contribution in [-0.4, -0.2) is 9.55 Å². The van der Waals surface area contributed by atoms with Crippen LogP contribution in [0, 0.1) is 0 Å². The monoisotopic (exact) mass is 214 g/mol. The van der Waals surface area contributed by atoms with Crippen molar-refractivity contribution in [3.8, 4) is 0 Å². The molecule has 0 N–H and O–H groups in total. The summed E-state index contributed by atoms with van der Waals surface area (Å²) in [6.07, 6.45) is 11.0. The summed E-state index contributed by atoms with van der Waals surface area (Å²) < 4.78 is 2.13. The standard InChI is InChI=1S/C9H16N2.C2H3Cl/c1-2-3-4-5-7-11-8-6-10-9-11;1-2-3/h6,8-9H,2-5,7H2,1H3;2H,1H2. The number of aryl methyl sites for hydroxylation is 1. The molecule has 80 valence electrons. The SMILES string of the molecule is C=CCl.CCCCCCn1ccnc1. The van der Waals surface area contributed by atoms with E-state index in [1.807, 2.05) is 18.7 Å². The first-order chi connectivity index (χ1) is 6.85. The van der Waals surface area contributed by atoms with Crippen LogP contribution >= 0.6 is 11.6 Å². The topological polar surface area (TPSA) is 17.8 Å². The molecule has 0 aromatic carbocycles. The predicted molar refractivity (Wildman–Crippen MR) is 62.4 cm³/mol. The van der Waals surface area contributed by atoms with Crippen molar-refractivity contribution in [3.05, 3.63) is 30.8 Å². The Hall–Kier alpha value is -0.760. The van der Waals surface area contributed by atoms with Gasteiger partial charge in [-0.3, -0.25) is 0 Å². The fraction of sp³-hybridized carbons (Fsp3) is 0.545. The van der Waals surface area contributed by atoms with Crippen molar-refractivity contribution in [2.45, 2.75) is 39.2 Å². The molecular weight excluding hydrogens is 196 g/mol. The average Bonchev–Trinajstić information content (AvgIpc) is 2.66. The third kappa shape index (κ3) is 7.87. The van der Waals surface area contributed by atoms with Gasteiger partial charge in [-0.25, -0.2) is 4.98 Å². The highest BCUT2D eigenvalue weighted by atomic mass is 35.5. The number of rotatable bonds is 5. The van der Waals surface area contributed by atoms with Gasteiger partial charge < -0.3 is 4.57 Å². The fourth-order valence-corrected chi connectivity index (χ4v) is 1.14. The molecule has 0 amide bonds. The van der Waals surface area contributed by atoms with E-state index in [0.29, 0.717) is 0 Å². The van der Waals surface area contributed by atoms with E-state index in [-0.39, 0.29) is 0 Å². The molecule has 0 spiro atoms. The normalized spacial score (nSPS) is 9.00. The van der Waals surface area contributed by atoms with Crippen LogP contribution in [-0.2, 0) is 6.54 Å². The Morgan fingerprint density at radius 1 is 1.43 bits per heavy atom. The Morgan fingerprint density at radius 3 is 2.64 bits per heavy atom. The summed E-state index contributed by atoms with van der Waals surface area (Å²) >= 11 is 4.76. The first-order valence-electron chi connectivity index (χ1n) is 5.02. The molecule has 2 nitrogen and oxygen atoms in total. The summed E-state index contributed by atoms with van der Waals surface area (Å²) in [7, 11) is 0. The zero-order valence-corrected chi connectivity index (χ0v) is 9.58. The van der Waals surface area contributed by atoms with Gasteiger partial charge >= 0.3 is 0 Å². The van der Waals surface area contributed by atoms with Gasteiger partial charge in [-0.05, 0) is 12.0 Å². The molecule has 1 rings (SSSR count). The van der Waals surface area contributed by atoms with Crippen LogP contribution in [0.4, 0.5) is 0 Å². The second-order valence-corrected chi connectivity index (χ2v) is 3.32. The van der Waals surface area contributed by atoms with E-state index < -0.39 is 0 Å². The Bertz CT molecular complexity index is 207. The molecule has 14 heavy (non-hydrogen) atoms. The maximum Gasteiger partial charge on any atom is 0.0945 e. The quantitative estimate of drug-likeness (QED) is 0.682. The highest BCUT2D eigenvalue weighted by Gasteiger charge is 1.89. The van der Waals surface area contributed by atoms with Gasteiger partial charge in [-0.1, -0.05) is 44.4 Å². The Morgan fingerprint density at radius 2 is 2.14 bits per heavy atom. The van der Waals surface area contributed by atoms with Gasteiger partial charge in [0.05, 0.1) is 6.33 Å². The van der Waals surface area contributed by atoms with E-state index in [4.69, 9.17) is 11.6 Å². The van der Waals surface area contributed by atoms with Crippen LogP contribution < -0.4 is 0 Å². The van der Waals surface area contributed by atoms with E-state index in [9.17, 15) is 0 Å². The van der Waals surface area contributed by atoms with Gasteiger partial charge in [0.1, 0.15) is 0 Å². The third-order valence-corrected chi connectivity index (χ3v) is 1.83. The molecule has 0 radical (unpaired) electrons. The molecule has 1 aromatic rings. The molecule has 0 bridgehead atoms. The van der Waals surface area contributed by atoms with Crippen LogP contribution in [0.15, 0.2) is 30.8 Å². The average molecular weight is 215 g/mol. The van der Waals surface area contributed by atoms with Crippen LogP contribution in [0.25, 0.3) is 0 Å². The van der Waals surface area contributed by atoms with Gasteiger partial charge in [0.25, 0.3) is 0 Å². The minimum atomic E-state index is 1.12. The number of hydrogen-bond acceptors (Lipinski definition) is 1. The lowest BCUT2D eigenvalue weighted by molar-refractivity contribution is 0.582. The minimum absolute atomic E-state index is 1.12. The van der Waals surface area contributed by atoms with Crippen molar-refractivity contribution >= 4 is 11.6 Å². The summed E-state index contributed by atoms with van der Waals surface area (Å²) in [4.78, 5) is 3.98. The molecule has 0 atom stereocenters. The Labute approximate surface area is 91.6 Å². The highest BCUT2D eigenvalue weighted by Crippen LogP contribution is 2.00. The van der Waals surface area contributed by atoms with Gasteiger partial charge in [-0.2, -0.15) is 0 Å². The Kier molecular flexibility index (Phi) is 9.76. The minimum Gasteiger partial charge on any atom is -0.337 e. The fourth-order valence-electron chi connectivity index (χ4n) is 1.14. The van der Waals surface area contributed by atoms with Crippen molar-refractivity contribution in [1.82, 2.24) is 9.55 Å². The second kappa shape index (κ2) is 10.3. The summed E-state index contributed by atoms with van der Waals surface area (Å²) in [6.45, 7) is 6.48. The molecule has 1 aromatic heterocycles. The van der Waals surface area contributed by atoms with Gasteiger partial charge in [-0.15, -0.1) is 0 Å². The summed E-state index contributed by atoms with van der Waals surface area (Å²) in [6, 6.07) is 0. The second-order valence-electron chi connectivity index (χ2n) is 3.02. The summed E-state index contributed by atoms with van der Waals surface area (Å²) in [5.74, 6) is 0. The van der Waals surface area contributed by atoms with Crippen molar-refractivity contribution < 1.29 is 0 Å². The third-order valence-electron chi connectivity index (χ3n) is 1.83. The largest absolute Gasteiger partial charge is 0.337 e. The van der Waals surface area contributed by atoms with Crippen molar-refractivity contribution in [2.24, 2.45) is 0 Å². The summed E-state index contributed by atoms with van der Waals surface area (Å²) in [5, 5.41) is 0. The lowest BCUT2D eigenvalue weighted by Crippen LogP contribution is -1.93. The molecule has 0 saturated heterocycles. The van der Waals surface area contributed by atoms with Crippen molar-refractivity contribution in [2.75, 3.05) is 0 Å². The zero-order valence-electron chi connectivity index (χ0n) is 8.82. The van der Waals surface area contributed by atoms with Crippen LogP contribution in [0.1, 0.15) is 32.6 Å². The number of imidazole rings is 1. The lowest BCUT2D eigenvalue weighted by Gasteiger charge is -1.99. The van der Waals surface area contributed by atoms with E-state index in [1.54, 1.807) is 0 Å². The van der Waals surface area contributed by atoms with E-state index in [2.05, 4.69) is 23.1 Å². The van der Waals surface area contributed by atoms with Crippen LogP contribution in [0.5, 0.6) is 0 Å². The highest BCUT2D eigenvalue weighted by molar-refractivity contribution is 6.25. The molecule has 0 fully saturated rings. The number of unbranched alkanes of at least 4 members (excludes halogenated alkanes) is 3. The van der Waals surface area contributed by atoms with E-state index in [1.165, 1.54) is 31.2 Å². The zero-order chi connectivity index (χ0) is 10.6. The lowest BCUT2D eigenvalue weighted by atomic mass is 10.2. The van der Waals surface area contributed by atoms with Gasteiger partial charge in [0.15, 0.2) is 0 Å². The number of nitrogens with zero attached hydrogens (tertiary/aromatic N) is 2. The first-order valence-corrected chi connectivity index (χ1v) is 5.45. The molecule has 0 aliphatic rings. The molecule has 1 heterocycles. The van der Waals surface area contributed by atoms with Gasteiger partial charge in [0, 0.05) is 18.9 Å². The summed E-state index contributed by atoms with van der Waals surface area (Å²) in [5.41, 5.74) is 1.22. The number of halogens is 1. The molecule has 0 unspecified atom stereocenters. The molecule has 3 heteroatoms. The van der Waals surface area contributed by atoms with Crippen molar-refractivity contribution in [1.29, 1.82) is 0 Å².